The van der Waals surface area contributed by atoms with E-state index in [1.54, 1.807) is 0 Å². The van der Waals surface area contributed by atoms with Crippen LogP contribution < -0.4 is 78.2 Å². The van der Waals surface area contributed by atoms with E-state index in [2.05, 4.69) is 409 Å². The molecule has 0 fully saturated rings. The van der Waals surface area contributed by atoms with E-state index in [0.717, 1.165) is 257 Å². The third kappa shape index (κ3) is 10.3. The molecule has 0 radical (unpaired) electrons. The summed E-state index contributed by atoms with van der Waals surface area (Å²) in [4.78, 5) is 10.6. The molecular formula is C112H81B3N4O4. The normalized spacial score (nSPS) is 13.6. The Morgan fingerprint density at radius 3 is 0.927 bits per heavy atom. The Labute approximate surface area is 716 Å². The molecule has 0 atom stereocenters. The maximum absolute atomic E-state index is 8.49. The largest absolute Gasteiger partial charge is 0.459 e. The van der Waals surface area contributed by atoms with Gasteiger partial charge in [0.1, 0.15) is 45.3 Å². The lowest BCUT2D eigenvalue weighted by molar-refractivity contribution is 0.490. The third-order valence-corrected chi connectivity index (χ3v) is 27.1. The molecule has 8 nitrogen and oxygen atoms in total. The van der Waals surface area contributed by atoms with Crippen molar-refractivity contribution in [2.75, 3.05) is 19.6 Å². The Bertz CT molecular complexity index is 7190. The van der Waals surface area contributed by atoms with Crippen molar-refractivity contribution in [2.24, 2.45) is 0 Å². The summed E-state index contributed by atoms with van der Waals surface area (Å²) in [5.74, 6) is 3.23. The van der Waals surface area contributed by atoms with Gasteiger partial charge in [0.25, 0.3) is 20.1 Å². The van der Waals surface area contributed by atoms with Crippen LogP contribution in [0.4, 0.5) is 68.2 Å². The standard InChI is InChI=1S/C112H81B3N4O4/c1-64-52-66(3)106(67(4)53-64)116-87-62-99-81(79-40-22-26-48-95(79)120-99)58-85(87)113-83-46-24-28-50-97(83)122-110-102(113)91(116)60-93-104(110)115-101-89(118(93)108-75(70-32-14-10-15-33-70)42-30-43-76(108)71-34-16-11-17-35-71)56-74(112(7,8)9)57-90(101)119(109-77(72-36-18-12-19-37-72)44-31-45-78(109)73-38-20-13-21-39-73)94-61-92-103-111(105(94)115)123-98-51-29-25-47-84(98)114(103)86-59-82-80-41-23-27-49-96(80)121-100(82)63-88(86)117(92)107-68(5)54-65(2)55-69(107)6/h10-63H,1-9H3. The molecule has 0 saturated heterocycles. The SMILES string of the molecule is Cc1cc(C)c(N2c3cc4oc5ccccc5c4cc3B3c4ccccc4Oc4c3c2cc2c4B3c4c(cc(C(C)(C)C)cc4N(c4c(-c5ccccc5)cccc4-c4ccccc4)c4cc5c6c(c43)Oc3ccccc3B6c3cc4c(cc3N5c3c(C)cc(C)cc3C)oc3ccccc34)N2c2c(-c3ccccc3)cccc2-c2ccccc2)c(C)c1. The van der Waals surface area contributed by atoms with Gasteiger partial charge >= 0.3 is 0 Å². The summed E-state index contributed by atoms with van der Waals surface area (Å²) in [6.45, 7) is 19.4. The Morgan fingerprint density at radius 2 is 0.561 bits per heavy atom. The lowest BCUT2D eigenvalue weighted by atomic mass is 9.28. The van der Waals surface area contributed by atoms with Crippen molar-refractivity contribution in [1.82, 2.24) is 0 Å². The van der Waals surface area contributed by atoms with E-state index in [0.29, 0.717) is 0 Å². The Hall–Kier alpha value is -14.7. The van der Waals surface area contributed by atoms with Gasteiger partial charge in [-0.25, -0.2) is 0 Å². The third-order valence-electron chi connectivity index (χ3n) is 27.1. The van der Waals surface area contributed by atoms with E-state index in [1.807, 2.05) is 0 Å². The van der Waals surface area contributed by atoms with Crippen molar-refractivity contribution in [3.05, 3.63) is 367 Å². The zero-order valence-electron chi connectivity index (χ0n) is 69.8. The zero-order valence-corrected chi connectivity index (χ0v) is 69.8. The van der Waals surface area contributed by atoms with Crippen LogP contribution in [0.3, 0.4) is 0 Å². The molecule has 0 unspecified atom stereocenters. The molecule has 0 spiro atoms. The van der Waals surface area contributed by atoms with Crippen LogP contribution >= 0.6 is 0 Å². The minimum Gasteiger partial charge on any atom is -0.459 e. The molecule has 0 N–H and O–H groups in total. The fourth-order valence-corrected chi connectivity index (χ4v) is 22.3. The summed E-state index contributed by atoms with van der Waals surface area (Å²) < 4.78 is 31.2. The van der Waals surface area contributed by atoms with Crippen LogP contribution in [0.1, 0.15) is 59.7 Å². The molecular weight excluding hydrogens is 1500 g/mol. The van der Waals surface area contributed by atoms with Gasteiger partial charge in [0.15, 0.2) is 0 Å². The molecule has 0 aliphatic carbocycles. The van der Waals surface area contributed by atoms with Crippen molar-refractivity contribution in [3.8, 4) is 67.5 Å². The maximum atomic E-state index is 8.49. The molecule has 0 saturated carbocycles. The number of benzene rings is 17. The molecule has 0 amide bonds. The predicted octanol–water partition coefficient (Wildman–Crippen LogP) is 24.2. The fraction of sp³-hybridized carbons (Fsp3) is 0.0893. The van der Waals surface area contributed by atoms with Crippen LogP contribution in [0.25, 0.3) is 88.4 Å². The number of furan rings is 2. The summed E-state index contributed by atoms with van der Waals surface area (Å²) in [6.07, 6.45) is 0. The van der Waals surface area contributed by atoms with Crippen LogP contribution in [-0.4, -0.2) is 20.1 Å². The molecule has 8 heterocycles. The topological polar surface area (TPSA) is 57.7 Å². The number of hydrogen-bond acceptors (Lipinski definition) is 8. The molecule has 0 bridgehead atoms. The van der Waals surface area contributed by atoms with Gasteiger partial charge in [-0.1, -0.05) is 299 Å². The van der Waals surface area contributed by atoms with Crippen LogP contribution in [0.15, 0.2) is 336 Å². The van der Waals surface area contributed by atoms with Crippen molar-refractivity contribution >= 4 is 181 Å². The van der Waals surface area contributed by atoms with Gasteiger partial charge in [0.2, 0.25) is 0 Å². The van der Waals surface area contributed by atoms with Gasteiger partial charge in [-0.3, -0.25) is 0 Å². The Kier molecular flexibility index (Phi) is 15.3. The number of aryl methyl sites for hydroxylation is 6. The minimum absolute atomic E-state index is 0.350. The highest BCUT2D eigenvalue weighted by atomic mass is 16.5. The molecule has 19 aromatic rings. The lowest BCUT2D eigenvalue weighted by Crippen LogP contribution is -2.67. The number of ether oxygens (including phenoxy) is 2. The van der Waals surface area contributed by atoms with E-state index in [1.165, 1.54) is 11.1 Å². The average molecular weight is 1580 g/mol. The second kappa shape index (κ2) is 26.4. The number of hydrogen-bond donors (Lipinski definition) is 0. The summed E-state index contributed by atoms with van der Waals surface area (Å²) in [6, 6.07) is 122. The van der Waals surface area contributed by atoms with Crippen LogP contribution in [0.2, 0.25) is 0 Å². The van der Waals surface area contributed by atoms with E-state index in [9.17, 15) is 0 Å². The second-order valence-corrected chi connectivity index (χ2v) is 35.6. The number of rotatable bonds is 8. The lowest BCUT2D eigenvalue weighted by Gasteiger charge is -2.50. The van der Waals surface area contributed by atoms with Crippen molar-refractivity contribution in [2.45, 2.75) is 67.7 Å². The minimum atomic E-state index is -0.636. The van der Waals surface area contributed by atoms with E-state index in [4.69, 9.17) is 18.3 Å². The smallest absolute Gasteiger partial charge is 0.261 e. The van der Waals surface area contributed by atoms with Gasteiger partial charge in [0, 0.05) is 101 Å². The van der Waals surface area contributed by atoms with Gasteiger partial charge in [0.05, 0.1) is 22.7 Å². The molecule has 2 aromatic heterocycles. The summed E-state index contributed by atoms with van der Waals surface area (Å²) in [5, 5.41) is 4.27. The second-order valence-electron chi connectivity index (χ2n) is 35.6. The van der Waals surface area contributed by atoms with Crippen LogP contribution in [0, 0.1) is 41.5 Å². The summed E-state index contributed by atoms with van der Waals surface area (Å²) in [5.41, 5.74) is 42.1. The first-order valence-electron chi connectivity index (χ1n) is 43.0. The highest BCUT2D eigenvalue weighted by molar-refractivity contribution is 7.05. The van der Waals surface area contributed by atoms with E-state index in [-0.39, 0.29) is 13.4 Å². The highest BCUT2D eigenvalue weighted by Gasteiger charge is 2.56. The van der Waals surface area contributed by atoms with Gasteiger partial charge in [-0.05, 0) is 195 Å². The first kappa shape index (κ1) is 71.3. The molecule has 582 valence electrons. The zero-order chi connectivity index (χ0) is 82.3. The van der Waals surface area contributed by atoms with Crippen LogP contribution in [-0.2, 0) is 5.41 Å². The quantitative estimate of drug-likeness (QED) is 0.140. The first-order chi connectivity index (χ1) is 60.1. The van der Waals surface area contributed by atoms with E-state index < -0.39 is 12.1 Å². The van der Waals surface area contributed by atoms with Crippen molar-refractivity contribution < 1.29 is 18.3 Å². The number of anilines is 12. The Balaban J connectivity index is 0.917. The monoisotopic (exact) mass is 1580 g/mol. The number of nitrogens with zero attached hydrogens (tertiary/aromatic N) is 4. The summed E-state index contributed by atoms with van der Waals surface area (Å²) in [7, 11) is 0. The molecule has 25 rings (SSSR count). The average Bonchev–Trinajstić information content (AvgIpc) is 0.853. The molecule has 17 aromatic carbocycles. The number of fused-ring (bicyclic) bond motifs is 20. The first-order valence-corrected chi connectivity index (χ1v) is 43.0. The van der Waals surface area contributed by atoms with Gasteiger partial charge in [-0.2, -0.15) is 0 Å². The highest BCUT2D eigenvalue weighted by Crippen LogP contribution is 2.59. The van der Waals surface area contributed by atoms with Gasteiger partial charge < -0.3 is 37.9 Å². The van der Waals surface area contributed by atoms with E-state index >= 15 is 0 Å². The number of para-hydroxylation sites is 6. The predicted molar refractivity (Wildman–Crippen MR) is 516 cm³/mol. The maximum Gasteiger partial charge on any atom is 0.261 e. The molecule has 123 heavy (non-hydrogen) atoms. The van der Waals surface area contributed by atoms with Crippen LogP contribution in [0.5, 0.6) is 23.0 Å². The Morgan fingerprint density at radius 1 is 0.244 bits per heavy atom. The molecule has 6 aliphatic rings. The molecule has 11 heteroatoms. The fourth-order valence-electron chi connectivity index (χ4n) is 22.3. The molecule has 6 aliphatic heterocycles. The van der Waals surface area contributed by atoms with Crippen molar-refractivity contribution in [1.29, 1.82) is 0 Å². The summed E-state index contributed by atoms with van der Waals surface area (Å²) >= 11 is 0. The van der Waals surface area contributed by atoms with Gasteiger partial charge in [-0.15, -0.1) is 0 Å². The van der Waals surface area contributed by atoms with Crippen molar-refractivity contribution in [3.63, 3.8) is 0 Å².